The van der Waals surface area contributed by atoms with Gasteiger partial charge in [0, 0.05) is 36.5 Å². The fraction of sp³-hybridized carbons (Fsp3) is 0.345. The minimum absolute atomic E-state index is 0.00950. The number of phenols is 1. The van der Waals surface area contributed by atoms with Crippen molar-refractivity contribution in [1.29, 1.82) is 0 Å². The molecule has 1 aliphatic heterocycles. The summed E-state index contributed by atoms with van der Waals surface area (Å²) in [5.41, 5.74) is 13.1. The van der Waals surface area contributed by atoms with Crippen molar-refractivity contribution >= 4 is 40.5 Å². The number of nitrogens with two attached hydrogens (primary N) is 2. The van der Waals surface area contributed by atoms with E-state index in [4.69, 9.17) is 11.5 Å². The van der Waals surface area contributed by atoms with E-state index in [2.05, 4.69) is 15.6 Å². The molecule has 4 amide bonds. The average Bonchev–Trinajstić information content (AvgIpc) is 3.60. The molecule has 1 saturated heterocycles. The number of aromatic hydroxyl groups is 1. The highest BCUT2D eigenvalue weighted by Gasteiger charge is 2.38. The highest BCUT2D eigenvalue weighted by molar-refractivity contribution is 5.96. The second-order valence-corrected chi connectivity index (χ2v) is 10.4. The van der Waals surface area contributed by atoms with Gasteiger partial charge in [-0.15, -0.1) is 0 Å². The van der Waals surface area contributed by atoms with Gasteiger partial charge in [0.15, 0.2) is 0 Å². The first-order valence-electron chi connectivity index (χ1n) is 13.5. The lowest BCUT2D eigenvalue weighted by atomic mass is 10.0. The first-order valence-corrected chi connectivity index (χ1v) is 13.5. The van der Waals surface area contributed by atoms with E-state index in [0.717, 1.165) is 16.5 Å². The predicted octanol–water partition coefficient (Wildman–Crippen LogP) is -0.0934. The number of aromatic amines is 1. The van der Waals surface area contributed by atoms with Crippen LogP contribution in [0.15, 0.2) is 54.7 Å². The number of hydrogen-bond acceptors (Lipinski definition) is 7. The minimum Gasteiger partial charge on any atom is -0.508 e. The Bertz CT molecular complexity index is 1470. The molecule has 4 atom stereocenters. The molecule has 222 valence electrons. The summed E-state index contributed by atoms with van der Waals surface area (Å²) in [6, 6.07) is 8.72. The number of fused-ring (bicyclic) bond motifs is 1. The van der Waals surface area contributed by atoms with Crippen LogP contribution in [0.5, 0.6) is 5.75 Å². The fourth-order valence-corrected chi connectivity index (χ4v) is 5.15. The monoisotopic (exact) mass is 578 g/mol. The van der Waals surface area contributed by atoms with Gasteiger partial charge in [-0.05, 0) is 42.2 Å². The minimum atomic E-state index is -1.30. The van der Waals surface area contributed by atoms with Crippen molar-refractivity contribution in [1.82, 2.24) is 20.5 Å². The molecule has 1 aromatic heterocycles. The van der Waals surface area contributed by atoms with Crippen LogP contribution >= 0.6 is 0 Å². The molecule has 0 radical (unpaired) electrons. The molecule has 13 heteroatoms. The van der Waals surface area contributed by atoms with E-state index in [1.54, 1.807) is 18.3 Å². The summed E-state index contributed by atoms with van der Waals surface area (Å²) in [6.07, 6.45) is 2.12. The molecule has 3 aromatic rings. The summed E-state index contributed by atoms with van der Waals surface area (Å²) in [6.45, 7) is 0.228. The van der Waals surface area contributed by atoms with Crippen molar-refractivity contribution in [3.05, 3.63) is 65.9 Å². The highest BCUT2D eigenvalue weighted by atomic mass is 16.4. The number of H-pyrrole nitrogens is 1. The lowest BCUT2D eigenvalue weighted by Gasteiger charge is -2.29. The highest BCUT2D eigenvalue weighted by Crippen LogP contribution is 2.23. The van der Waals surface area contributed by atoms with E-state index < -0.39 is 60.2 Å². The van der Waals surface area contributed by atoms with Crippen LogP contribution in [0.1, 0.15) is 30.4 Å². The number of benzene rings is 2. The third-order valence-corrected chi connectivity index (χ3v) is 7.30. The lowest BCUT2D eigenvalue weighted by Crippen LogP contribution is -2.58. The molecule has 4 unspecified atom stereocenters. The SMILES string of the molecule is NC(=O)CC(N)C(=O)NC(Cc1ccc(O)cc1)C(=O)NC(Cc1c[nH]c2ccccc12)C(=O)N1CCCC1C(=O)O. The maximum atomic E-state index is 13.8. The second kappa shape index (κ2) is 13.2. The number of primary amides is 1. The number of rotatable bonds is 12. The number of aromatic nitrogens is 1. The number of carboxylic acid groups (broad SMARTS) is 1. The van der Waals surface area contributed by atoms with Crippen LogP contribution in [0.2, 0.25) is 0 Å². The summed E-state index contributed by atoms with van der Waals surface area (Å²) in [4.78, 5) is 67.8. The van der Waals surface area contributed by atoms with Gasteiger partial charge >= 0.3 is 5.97 Å². The Balaban J connectivity index is 1.62. The van der Waals surface area contributed by atoms with Crippen molar-refractivity contribution in [3.8, 4) is 5.75 Å². The molecular formula is C29H34N6O7. The zero-order valence-corrected chi connectivity index (χ0v) is 22.8. The summed E-state index contributed by atoms with van der Waals surface area (Å²) in [7, 11) is 0. The van der Waals surface area contributed by atoms with Crippen LogP contribution < -0.4 is 22.1 Å². The van der Waals surface area contributed by atoms with Crippen LogP contribution in [0.4, 0.5) is 0 Å². The lowest BCUT2D eigenvalue weighted by molar-refractivity contribution is -0.149. The van der Waals surface area contributed by atoms with Crippen LogP contribution in [0, 0.1) is 0 Å². The Hall–Kier alpha value is -4.91. The number of nitrogens with one attached hydrogen (secondary N) is 3. The van der Waals surface area contributed by atoms with Crippen LogP contribution in [0.25, 0.3) is 10.9 Å². The van der Waals surface area contributed by atoms with Crippen LogP contribution in [0.3, 0.4) is 0 Å². The Kier molecular flexibility index (Phi) is 9.42. The molecule has 13 nitrogen and oxygen atoms in total. The Morgan fingerprint density at radius 3 is 2.36 bits per heavy atom. The van der Waals surface area contributed by atoms with Gasteiger partial charge in [-0.25, -0.2) is 4.79 Å². The Morgan fingerprint density at radius 2 is 1.67 bits per heavy atom. The smallest absolute Gasteiger partial charge is 0.326 e. The van der Waals surface area contributed by atoms with Gasteiger partial charge in [-0.1, -0.05) is 30.3 Å². The summed E-state index contributed by atoms with van der Waals surface area (Å²) in [5.74, 6) is -3.97. The number of likely N-dealkylation sites (tertiary alicyclic amines) is 1. The van der Waals surface area contributed by atoms with Gasteiger partial charge in [0.1, 0.15) is 23.9 Å². The summed E-state index contributed by atoms with van der Waals surface area (Å²) >= 11 is 0. The van der Waals surface area contributed by atoms with Crippen molar-refractivity contribution in [3.63, 3.8) is 0 Å². The van der Waals surface area contributed by atoms with Crippen molar-refractivity contribution in [2.24, 2.45) is 11.5 Å². The molecule has 1 fully saturated rings. The van der Waals surface area contributed by atoms with Gasteiger partial charge in [0.05, 0.1) is 12.5 Å². The molecule has 2 aromatic carbocycles. The molecule has 1 aliphatic rings. The maximum Gasteiger partial charge on any atom is 0.326 e. The van der Waals surface area contributed by atoms with Gasteiger partial charge in [-0.3, -0.25) is 19.2 Å². The van der Waals surface area contributed by atoms with Gasteiger partial charge < -0.3 is 42.2 Å². The third-order valence-electron chi connectivity index (χ3n) is 7.30. The standard InChI is InChI=1S/C29H34N6O7/c30-20(14-25(31)37)26(38)33-22(12-16-7-9-18(36)10-8-16)27(39)34-23(28(40)35-11-3-6-24(35)29(41)42)13-17-15-32-21-5-2-1-4-19(17)21/h1-2,4-5,7-10,15,20,22-24,32,36H,3,6,11-14,30H2,(H2,31,37)(H,33,38)(H,34,39)(H,41,42). The van der Waals surface area contributed by atoms with E-state index in [-0.39, 0.29) is 25.1 Å². The van der Waals surface area contributed by atoms with Crippen LogP contribution in [-0.4, -0.2) is 80.4 Å². The fourth-order valence-electron chi connectivity index (χ4n) is 5.15. The normalized spacial score (nSPS) is 16.9. The quantitative estimate of drug-likeness (QED) is 0.153. The third kappa shape index (κ3) is 7.23. The molecule has 0 bridgehead atoms. The predicted molar refractivity (Wildman–Crippen MR) is 152 cm³/mol. The zero-order chi connectivity index (χ0) is 30.4. The summed E-state index contributed by atoms with van der Waals surface area (Å²) < 4.78 is 0. The number of para-hydroxylation sites is 1. The summed E-state index contributed by atoms with van der Waals surface area (Å²) in [5, 5.41) is 25.5. The molecule has 0 saturated carbocycles. The van der Waals surface area contributed by atoms with E-state index in [9.17, 15) is 34.2 Å². The first kappa shape index (κ1) is 30.1. The van der Waals surface area contributed by atoms with E-state index in [1.165, 1.54) is 17.0 Å². The second-order valence-electron chi connectivity index (χ2n) is 10.4. The van der Waals surface area contributed by atoms with Crippen molar-refractivity contribution in [2.45, 2.75) is 56.3 Å². The molecule has 2 heterocycles. The number of phenolic OH excluding ortho intramolecular Hbond substituents is 1. The molecule has 42 heavy (non-hydrogen) atoms. The molecule has 0 aliphatic carbocycles. The molecular weight excluding hydrogens is 544 g/mol. The van der Waals surface area contributed by atoms with Crippen molar-refractivity contribution in [2.75, 3.05) is 6.54 Å². The largest absolute Gasteiger partial charge is 0.508 e. The van der Waals surface area contributed by atoms with Gasteiger partial charge in [0.2, 0.25) is 23.6 Å². The number of amides is 4. The number of carboxylic acids is 1. The average molecular weight is 579 g/mol. The molecule has 9 N–H and O–H groups in total. The van der Waals surface area contributed by atoms with Gasteiger partial charge in [-0.2, -0.15) is 0 Å². The maximum absolute atomic E-state index is 13.8. The number of hydrogen-bond donors (Lipinski definition) is 7. The Labute approximate surface area is 241 Å². The number of carbonyl (C=O) groups is 5. The zero-order valence-electron chi connectivity index (χ0n) is 22.8. The number of nitrogens with zero attached hydrogens (tertiary/aromatic N) is 1. The van der Waals surface area contributed by atoms with E-state index in [1.807, 2.05) is 24.3 Å². The first-order chi connectivity index (χ1) is 20.0. The van der Waals surface area contributed by atoms with E-state index in [0.29, 0.717) is 18.4 Å². The number of carbonyl (C=O) groups excluding carboxylic acids is 4. The number of aliphatic carboxylic acids is 1. The Morgan fingerprint density at radius 1 is 0.976 bits per heavy atom. The molecule has 0 spiro atoms. The topological polar surface area (TPSA) is 221 Å². The van der Waals surface area contributed by atoms with E-state index >= 15 is 0 Å². The molecule has 4 rings (SSSR count). The van der Waals surface area contributed by atoms with Crippen LogP contribution in [-0.2, 0) is 36.8 Å². The van der Waals surface area contributed by atoms with Gasteiger partial charge in [0.25, 0.3) is 0 Å². The van der Waals surface area contributed by atoms with Crippen molar-refractivity contribution < 1.29 is 34.2 Å².